The van der Waals surface area contributed by atoms with Gasteiger partial charge in [0, 0.05) is 44.3 Å². The topological polar surface area (TPSA) is 109 Å². The lowest BCUT2D eigenvalue weighted by Gasteiger charge is -2.34. The van der Waals surface area contributed by atoms with Crippen LogP contribution in [0.15, 0.2) is 53.2 Å². The number of carbonyl (C=O) groups excluding carboxylic acids is 1. The fourth-order valence-electron chi connectivity index (χ4n) is 3.46. The van der Waals surface area contributed by atoms with Gasteiger partial charge in [0.15, 0.2) is 5.58 Å². The third-order valence-corrected chi connectivity index (χ3v) is 6.94. The molecule has 0 saturated carbocycles. The van der Waals surface area contributed by atoms with E-state index in [1.165, 1.54) is 4.31 Å². The first-order valence-corrected chi connectivity index (χ1v) is 11.4. The molecule has 10 heteroatoms. The molecule has 0 bridgehead atoms. The number of hydrogen-bond donors (Lipinski definition) is 1. The number of nitrogens with one attached hydrogen (secondary N) is 1. The molecule has 9 nitrogen and oxygen atoms in total. The van der Waals surface area contributed by atoms with Gasteiger partial charge in [0.1, 0.15) is 11.5 Å². The predicted molar refractivity (Wildman–Crippen MR) is 113 cm³/mol. The molecule has 1 N–H and O–H groups in total. The van der Waals surface area contributed by atoms with Crippen LogP contribution in [0.4, 0.5) is 5.82 Å². The smallest absolute Gasteiger partial charge is 0.226 e. The summed E-state index contributed by atoms with van der Waals surface area (Å²) in [5.41, 5.74) is 1.16. The van der Waals surface area contributed by atoms with Gasteiger partial charge >= 0.3 is 0 Å². The number of benzene rings is 1. The zero-order valence-corrected chi connectivity index (χ0v) is 17.2. The number of aromatic nitrogens is 2. The van der Waals surface area contributed by atoms with Crippen molar-refractivity contribution < 1.29 is 17.7 Å². The highest BCUT2D eigenvalue weighted by Crippen LogP contribution is 2.18. The van der Waals surface area contributed by atoms with Gasteiger partial charge in [-0.2, -0.15) is 4.31 Å². The zero-order valence-electron chi connectivity index (χ0n) is 16.4. The lowest BCUT2D eigenvalue weighted by molar-refractivity contribution is -0.120. The highest BCUT2D eigenvalue weighted by molar-refractivity contribution is 7.89. The van der Waals surface area contributed by atoms with E-state index in [1.807, 2.05) is 36.4 Å². The molecule has 0 atom stereocenters. The van der Waals surface area contributed by atoms with E-state index in [0.717, 1.165) is 11.2 Å². The van der Waals surface area contributed by atoms with Gasteiger partial charge in [-0.25, -0.2) is 13.4 Å². The summed E-state index contributed by atoms with van der Waals surface area (Å²) in [6.45, 7) is 2.02. The van der Waals surface area contributed by atoms with Crippen LogP contribution in [0, 0.1) is 0 Å². The molecule has 0 spiro atoms. The number of pyridine rings is 1. The summed E-state index contributed by atoms with van der Waals surface area (Å²) in [7, 11) is -3.44. The molecule has 0 unspecified atom stereocenters. The Bertz CT molecular complexity index is 1110. The summed E-state index contributed by atoms with van der Waals surface area (Å²) < 4.78 is 31.9. The Morgan fingerprint density at radius 2 is 1.83 bits per heavy atom. The normalized spacial score (nSPS) is 15.4. The molecule has 158 valence electrons. The third-order valence-electron chi connectivity index (χ3n) is 5.07. The average Bonchev–Trinajstić information content (AvgIpc) is 3.17. The van der Waals surface area contributed by atoms with Crippen LogP contribution in [0.3, 0.4) is 0 Å². The fraction of sp³-hybridized carbons (Fsp3) is 0.350. The van der Waals surface area contributed by atoms with E-state index in [9.17, 15) is 13.2 Å². The van der Waals surface area contributed by atoms with Gasteiger partial charge in [-0.1, -0.05) is 23.4 Å². The minimum absolute atomic E-state index is 0.0415. The summed E-state index contributed by atoms with van der Waals surface area (Å²) in [4.78, 5) is 18.6. The van der Waals surface area contributed by atoms with E-state index in [2.05, 4.69) is 20.4 Å². The standard InChI is InChI=1S/C20H23N5O4S/c26-20(15-17-16-5-1-2-6-18(16)29-23-17)22-9-14-30(27,28)25-12-10-24(11-13-25)19-7-3-4-8-21-19/h1-8H,9-15H2,(H,22,26). The molecule has 1 amide bonds. The summed E-state index contributed by atoms with van der Waals surface area (Å²) >= 11 is 0. The first-order chi connectivity index (χ1) is 14.5. The number of hydrogen-bond acceptors (Lipinski definition) is 7. The van der Waals surface area contributed by atoms with Crippen LogP contribution in [-0.4, -0.2) is 67.2 Å². The first-order valence-electron chi connectivity index (χ1n) is 9.77. The monoisotopic (exact) mass is 429 g/mol. The summed E-state index contributed by atoms with van der Waals surface area (Å²) in [6.07, 6.45) is 1.77. The van der Waals surface area contributed by atoms with E-state index < -0.39 is 10.0 Å². The maximum absolute atomic E-state index is 12.6. The van der Waals surface area contributed by atoms with Crippen LogP contribution in [0.5, 0.6) is 0 Å². The van der Waals surface area contributed by atoms with E-state index in [4.69, 9.17) is 4.52 Å². The minimum atomic E-state index is -3.44. The second kappa shape index (κ2) is 8.80. The highest BCUT2D eigenvalue weighted by atomic mass is 32.2. The Hall–Kier alpha value is -2.98. The van der Waals surface area contributed by atoms with Crippen molar-refractivity contribution in [3.05, 3.63) is 54.4 Å². The number of carbonyl (C=O) groups is 1. The van der Waals surface area contributed by atoms with Gasteiger partial charge in [0.25, 0.3) is 0 Å². The van der Waals surface area contributed by atoms with Gasteiger partial charge < -0.3 is 14.7 Å². The predicted octanol–water partition coefficient (Wildman–Crippen LogP) is 1.03. The van der Waals surface area contributed by atoms with Crippen molar-refractivity contribution in [2.45, 2.75) is 6.42 Å². The van der Waals surface area contributed by atoms with Crippen molar-refractivity contribution in [2.24, 2.45) is 0 Å². The van der Waals surface area contributed by atoms with Crippen LogP contribution in [0.1, 0.15) is 5.69 Å². The number of amides is 1. The summed E-state index contributed by atoms with van der Waals surface area (Å²) in [5.74, 6) is 0.424. The quantitative estimate of drug-likeness (QED) is 0.598. The molecule has 1 aliphatic heterocycles. The van der Waals surface area contributed by atoms with Crippen molar-refractivity contribution in [3.8, 4) is 0 Å². The minimum Gasteiger partial charge on any atom is -0.356 e. The molecule has 3 aromatic rings. The van der Waals surface area contributed by atoms with E-state index in [-0.39, 0.29) is 24.6 Å². The fourth-order valence-corrected chi connectivity index (χ4v) is 4.80. The lowest BCUT2D eigenvalue weighted by Crippen LogP contribution is -2.50. The molecule has 1 saturated heterocycles. The number of nitrogens with zero attached hydrogens (tertiary/aromatic N) is 4. The Kier molecular flexibility index (Phi) is 5.96. The number of anilines is 1. The van der Waals surface area contributed by atoms with E-state index in [0.29, 0.717) is 37.5 Å². The van der Waals surface area contributed by atoms with Crippen molar-refractivity contribution in [1.82, 2.24) is 19.8 Å². The Balaban J connectivity index is 1.25. The zero-order chi connectivity index (χ0) is 21.0. The molecule has 0 aliphatic carbocycles. The van der Waals surface area contributed by atoms with Gasteiger partial charge in [0.2, 0.25) is 15.9 Å². The van der Waals surface area contributed by atoms with Crippen LogP contribution in [0.2, 0.25) is 0 Å². The molecule has 4 rings (SSSR count). The second-order valence-electron chi connectivity index (χ2n) is 7.04. The molecule has 1 fully saturated rings. The second-order valence-corrected chi connectivity index (χ2v) is 9.13. The molecule has 2 aromatic heterocycles. The number of rotatable bonds is 7. The molecular formula is C20H23N5O4S. The largest absolute Gasteiger partial charge is 0.356 e. The number of para-hydroxylation sites is 1. The number of fused-ring (bicyclic) bond motifs is 1. The van der Waals surface area contributed by atoms with Crippen LogP contribution >= 0.6 is 0 Å². The van der Waals surface area contributed by atoms with E-state index in [1.54, 1.807) is 12.3 Å². The summed E-state index contributed by atoms with van der Waals surface area (Å²) in [6, 6.07) is 13.0. The van der Waals surface area contributed by atoms with Crippen molar-refractivity contribution in [1.29, 1.82) is 0 Å². The number of sulfonamides is 1. The highest BCUT2D eigenvalue weighted by Gasteiger charge is 2.27. The Morgan fingerprint density at radius 3 is 2.60 bits per heavy atom. The molecule has 1 aromatic carbocycles. The maximum Gasteiger partial charge on any atom is 0.226 e. The Morgan fingerprint density at radius 1 is 1.07 bits per heavy atom. The van der Waals surface area contributed by atoms with Crippen LogP contribution in [-0.2, 0) is 21.2 Å². The van der Waals surface area contributed by atoms with E-state index >= 15 is 0 Å². The number of piperazine rings is 1. The first kappa shape index (κ1) is 20.3. The molecular weight excluding hydrogens is 406 g/mol. The van der Waals surface area contributed by atoms with Crippen molar-refractivity contribution in [2.75, 3.05) is 43.4 Å². The van der Waals surface area contributed by atoms with Crippen LogP contribution < -0.4 is 10.2 Å². The SMILES string of the molecule is O=C(Cc1noc2ccccc12)NCCS(=O)(=O)N1CCN(c2ccccn2)CC1. The lowest BCUT2D eigenvalue weighted by atomic mass is 10.2. The molecule has 1 aliphatic rings. The molecule has 3 heterocycles. The summed E-state index contributed by atoms with van der Waals surface area (Å²) in [5, 5.41) is 7.38. The Labute approximate surface area is 174 Å². The van der Waals surface area contributed by atoms with Crippen molar-refractivity contribution >= 4 is 32.7 Å². The van der Waals surface area contributed by atoms with Crippen molar-refractivity contribution in [3.63, 3.8) is 0 Å². The van der Waals surface area contributed by atoms with Crippen LogP contribution in [0.25, 0.3) is 11.0 Å². The van der Waals surface area contributed by atoms with Gasteiger partial charge in [-0.05, 0) is 24.3 Å². The van der Waals surface area contributed by atoms with Gasteiger partial charge in [0.05, 0.1) is 12.2 Å². The average molecular weight is 430 g/mol. The van der Waals surface area contributed by atoms with Gasteiger partial charge in [-0.3, -0.25) is 4.79 Å². The maximum atomic E-state index is 12.6. The molecule has 0 radical (unpaired) electrons. The molecule has 30 heavy (non-hydrogen) atoms. The van der Waals surface area contributed by atoms with Gasteiger partial charge in [-0.15, -0.1) is 0 Å². The third kappa shape index (κ3) is 4.60.